The highest BCUT2D eigenvalue weighted by molar-refractivity contribution is 6.01. The minimum Gasteiger partial charge on any atom is -0.508 e. The number of nitrogens with one attached hydrogen (secondary N) is 1. The van der Waals surface area contributed by atoms with E-state index in [0.29, 0.717) is 24.4 Å². The van der Waals surface area contributed by atoms with Crippen molar-refractivity contribution in [3.63, 3.8) is 0 Å². The molecule has 132 valence electrons. The van der Waals surface area contributed by atoms with Gasteiger partial charge in [0.25, 0.3) is 5.91 Å². The molecule has 7 heteroatoms. The first-order valence-electron chi connectivity index (χ1n) is 8.29. The fourth-order valence-corrected chi connectivity index (χ4v) is 3.38. The van der Waals surface area contributed by atoms with Gasteiger partial charge in [-0.1, -0.05) is 18.2 Å². The van der Waals surface area contributed by atoms with Crippen molar-refractivity contribution in [1.82, 2.24) is 20.1 Å². The summed E-state index contributed by atoms with van der Waals surface area (Å²) in [6.07, 6.45) is 3.42. The molecule has 1 atom stereocenters. The van der Waals surface area contributed by atoms with Crippen molar-refractivity contribution >= 4 is 11.9 Å². The van der Waals surface area contributed by atoms with Crippen molar-refractivity contribution in [3.8, 4) is 5.75 Å². The normalized spacial score (nSPS) is 19.7. The largest absolute Gasteiger partial charge is 0.508 e. The van der Waals surface area contributed by atoms with Crippen LogP contribution in [0.2, 0.25) is 0 Å². The van der Waals surface area contributed by atoms with Crippen molar-refractivity contribution < 1.29 is 14.7 Å². The van der Waals surface area contributed by atoms with Gasteiger partial charge in [0.15, 0.2) is 0 Å². The lowest BCUT2D eigenvalue weighted by atomic mass is 9.95. The number of carbonyl (C=O) groups excluding carboxylic acids is 2. The molecule has 26 heavy (non-hydrogen) atoms. The average molecular weight is 350 g/mol. The maximum Gasteiger partial charge on any atom is 0.322 e. The lowest BCUT2D eigenvalue weighted by Crippen LogP contribution is -2.45. The van der Waals surface area contributed by atoms with Gasteiger partial charge in [0.05, 0.1) is 23.9 Å². The third kappa shape index (κ3) is 2.67. The van der Waals surface area contributed by atoms with Crippen molar-refractivity contribution in [2.24, 2.45) is 0 Å². The fourth-order valence-electron chi connectivity index (χ4n) is 3.38. The number of phenolic OH excluding ortho intramolecular Hbond substituents is 1. The zero-order valence-electron chi connectivity index (χ0n) is 14.2. The lowest BCUT2D eigenvalue weighted by Gasteiger charge is -2.31. The number of phenols is 1. The Morgan fingerprint density at radius 1 is 1.23 bits per heavy atom. The molecular formula is C19H18N4O3. The van der Waals surface area contributed by atoms with Gasteiger partial charge < -0.3 is 15.3 Å². The molecule has 1 aromatic carbocycles. The summed E-state index contributed by atoms with van der Waals surface area (Å²) in [6.45, 7) is 0.811. The fraction of sp³-hybridized carbons (Fsp3) is 0.211. The smallest absolute Gasteiger partial charge is 0.322 e. The van der Waals surface area contributed by atoms with E-state index in [-0.39, 0.29) is 17.7 Å². The van der Waals surface area contributed by atoms with Gasteiger partial charge >= 0.3 is 6.03 Å². The van der Waals surface area contributed by atoms with Crippen molar-refractivity contribution in [1.29, 1.82) is 0 Å². The molecule has 0 spiro atoms. The standard InChI is InChI=1S/C19H18N4O3/c1-22-15-11-23(10-12-3-2-8-20-9-12)18(25)16(15)17(21-19(22)26)13-4-6-14(24)7-5-13/h2-9,17,24H,10-11H2,1H3,(H,21,26). The van der Waals surface area contributed by atoms with Gasteiger partial charge in [-0.25, -0.2) is 4.79 Å². The summed E-state index contributed by atoms with van der Waals surface area (Å²) in [5.41, 5.74) is 2.97. The number of amides is 3. The number of hydrogen-bond acceptors (Lipinski definition) is 4. The third-order valence-electron chi connectivity index (χ3n) is 4.76. The average Bonchev–Trinajstić information content (AvgIpc) is 2.97. The Morgan fingerprint density at radius 2 is 2.00 bits per heavy atom. The first-order valence-corrected chi connectivity index (χ1v) is 8.29. The number of hydrogen-bond donors (Lipinski definition) is 2. The summed E-state index contributed by atoms with van der Waals surface area (Å²) in [5, 5.41) is 12.4. The number of urea groups is 1. The summed E-state index contributed by atoms with van der Waals surface area (Å²) >= 11 is 0. The number of pyridine rings is 1. The van der Waals surface area contributed by atoms with Crippen molar-refractivity contribution in [2.45, 2.75) is 12.6 Å². The van der Waals surface area contributed by atoms with Crippen LogP contribution in [0.25, 0.3) is 0 Å². The van der Waals surface area contributed by atoms with Crippen LogP contribution in [0.1, 0.15) is 17.2 Å². The summed E-state index contributed by atoms with van der Waals surface area (Å²) < 4.78 is 0. The molecule has 0 radical (unpaired) electrons. The molecule has 0 aliphatic carbocycles. The number of nitrogens with zero attached hydrogens (tertiary/aromatic N) is 3. The number of benzene rings is 1. The van der Waals surface area contributed by atoms with Gasteiger partial charge in [0.2, 0.25) is 0 Å². The SMILES string of the molecule is CN1C(=O)NC(c2ccc(O)cc2)C2=C1CN(Cc1cccnc1)C2=O. The molecular weight excluding hydrogens is 332 g/mol. The summed E-state index contributed by atoms with van der Waals surface area (Å²) in [4.78, 5) is 32.7. The summed E-state index contributed by atoms with van der Waals surface area (Å²) in [7, 11) is 1.67. The van der Waals surface area contributed by atoms with Crippen LogP contribution in [0, 0.1) is 0 Å². The number of rotatable bonds is 3. The lowest BCUT2D eigenvalue weighted by molar-refractivity contribution is -0.126. The molecule has 7 nitrogen and oxygen atoms in total. The topological polar surface area (TPSA) is 85.8 Å². The summed E-state index contributed by atoms with van der Waals surface area (Å²) in [6, 6.07) is 9.50. The highest BCUT2D eigenvalue weighted by Crippen LogP contribution is 2.36. The molecule has 3 heterocycles. The van der Waals surface area contributed by atoms with E-state index < -0.39 is 6.04 Å². The minimum absolute atomic E-state index is 0.103. The molecule has 2 aliphatic heterocycles. The van der Waals surface area contributed by atoms with Crippen LogP contribution in [0.5, 0.6) is 5.75 Å². The van der Waals surface area contributed by atoms with E-state index in [1.165, 1.54) is 4.90 Å². The third-order valence-corrected chi connectivity index (χ3v) is 4.76. The van der Waals surface area contributed by atoms with Crippen LogP contribution in [0.4, 0.5) is 4.79 Å². The Labute approximate surface area is 150 Å². The number of carbonyl (C=O) groups is 2. The number of likely N-dealkylation sites (N-methyl/N-ethyl adjacent to an activating group) is 1. The van der Waals surface area contributed by atoms with Gasteiger partial charge in [-0.2, -0.15) is 0 Å². The van der Waals surface area contributed by atoms with E-state index in [0.717, 1.165) is 11.1 Å². The van der Waals surface area contributed by atoms with Crippen LogP contribution in [0.3, 0.4) is 0 Å². The highest BCUT2D eigenvalue weighted by Gasteiger charge is 2.42. The summed E-state index contributed by atoms with van der Waals surface area (Å²) in [5.74, 6) is 0.0342. The quantitative estimate of drug-likeness (QED) is 0.884. The number of aromatic nitrogens is 1. The molecule has 0 fully saturated rings. The second kappa shape index (κ2) is 6.18. The zero-order valence-corrected chi connectivity index (χ0v) is 14.2. The van der Waals surface area contributed by atoms with E-state index in [1.807, 2.05) is 12.1 Å². The maximum atomic E-state index is 13.1. The Bertz CT molecular complexity index is 893. The van der Waals surface area contributed by atoms with E-state index >= 15 is 0 Å². The van der Waals surface area contributed by atoms with E-state index in [2.05, 4.69) is 10.3 Å². The Balaban J connectivity index is 1.67. The Morgan fingerprint density at radius 3 is 2.69 bits per heavy atom. The monoisotopic (exact) mass is 350 g/mol. The first kappa shape index (κ1) is 16.1. The van der Waals surface area contributed by atoms with Gasteiger partial charge in [0, 0.05) is 26.0 Å². The van der Waals surface area contributed by atoms with E-state index in [4.69, 9.17) is 0 Å². The molecule has 4 rings (SSSR count). The molecule has 2 N–H and O–H groups in total. The molecule has 0 saturated heterocycles. The van der Waals surface area contributed by atoms with E-state index in [9.17, 15) is 14.7 Å². The highest BCUT2D eigenvalue weighted by atomic mass is 16.3. The Kier molecular flexibility index (Phi) is 3.84. The zero-order chi connectivity index (χ0) is 18.3. The van der Waals surface area contributed by atoms with Crippen LogP contribution in [0.15, 0.2) is 60.1 Å². The van der Waals surface area contributed by atoms with Gasteiger partial charge in [-0.05, 0) is 29.3 Å². The maximum absolute atomic E-state index is 13.1. The molecule has 1 aromatic heterocycles. The second-order valence-electron chi connectivity index (χ2n) is 6.42. The number of aromatic hydroxyl groups is 1. The predicted molar refractivity (Wildman–Crippen MR) is 93.8 cm³/mol. The van der Waals surface area contributed by atoms with E-state index in [1.54, 1.807) is 48.6 Å². The molecule has 3 amide bonds. The van der Waals surface area contributed by atoms with Crippen molar-refractivity contribution in [2.75, 3.05) is 13.6 Å². The second-order valence-corrected chi connectivity index (χ2v) is 6.42. The Hall–Kier alpha value is -3.35. The minimum atomic E-state index is -0.527. The van der Waals surface area contributed by atoms with Gasteiger partial charge in [-0.3, -0.25) is 14.7 Å². The molecule has 0 bridgehead atoms. The van der Waals surface area contributed by atoms with Crippen LogP contribution < -0.4 is 5.32 Å². The molecule has 2 aromatic rings. The first-order chi connectivity index (χ1) is 12.5. The molecule has 0 saturated carbocycles. The molecule has 2 aliphatic rings. The predicted octanol–water partition coefficient (Wildman–Crippen LogP) is 1.78. The van der Waals surface area contributed by atoms with Crippen LogP contribution in [-0.4, -0.2) is 45.4 Å². The van der Waals surface area contributed by atoms with Crippen LogP contribution >= 0.6 is 0 Å². The van der Waals surface area contributed by atoms with Gasteiger partial charge in [0.1, 0.15) is 5.75 Å². The molecule has 1 unspecified atom stereocenters. The van der Waals surface area contributed by atoms with Gasteiger partial charge in [-0.15, -0.1) is 0 Å². The van der Waals surface area contributed by atoms with Crippen LogP contribution in [-0.2, 0) is 11.3 Å². The van der Waals surface area contributed by atoms with Crippen molar-refractivity contribution in [3.05, 3.63) is 71.2 Å².